The van der Waals surface area contributed by atoms with E-state index in [4.69, 9.17) is 18.9 Å². The molecule has 7 heteroatoms. The van der Waals surface area contributed by atoms with Crippen molar-refractivity contribution in [2.75, 3.05) is 19.8 Å². The van der Waals surface area contributed by atoms with Gasteiger partial charge in [-0.15, -0.1) is 0 Å². The SMILES string of the molecule is CCC(C)(C)C(O)OCCOC(=O)COC1C2CC3CC(C2)C(=O)OC1C3. The summed E-state index contributed by atoms with van der Waals surface area (Å²) in [6, 6.07) is 0. The van der Waals surface area contributed by atoms with Crippen molar-refractivity contribution >= 4 is 11.9 Å². The molecule has 0 aromatic rings. The lowest BCUT2D eigenvalue weighted by atomic mass is 9.67. The zero-order valence-electron chi connectivity index (χ0n) is 16.5. The summed E-state index contributed by atoms with van der Waals surface area (Å²) in [5.74, 6) is 0.234. The molecule has 154 valence electrons. The fourth-order valence-corrected chi connectivity index (χ4v) is 4.43. The van der Waals surface area contributed by atoms with Gasteiger partial charge in [-0.2, -0.15) is 0 Å². The Morgan fingerprint density at radius 2 is 2.04 bits per heavy atom. The first-order valence-electron chi connectivity index (χ1n) is 10.1. The van der Waals surface area contributed by atoms with Gasteiger partial charge < -0.3 is 24.1 Å². The Bertz CT molecular complexity index is 546. The Hall–Kier alpha value is -1.18. The highest BCUT2D eigenvalue weighted by Crippen LogP contribution is 2.48. The second-order valence-corrected chi connectivity index (χ2v) is 8.80. The van der Waals surface area contributed by atoms with Crippen molar-refractivity contribution in [3.05, 3.63) is 0 Å². The first kappa shape index (κ1) is 20.6. The Kier molecular flexibility index (Phi) is 6.43. The number of esters is 2. The van der Waals surface area contributed by atoms with Gasteiger partial charge in [0, 0.05) is 5.41 Å². The third-order valence-corrected chi connectivity index (χ3v) is 6.43. The third kappa shape index (κ3) is 4.81. The van der Waals surface area contributed by atoms with E-state index in [1.54, 1.807) is 0 Å². The van der Waals surface area contributed by atoms with Gasteiger partial charge in [-0.05, 0) is 43.9 Å². The summed E-state index contributed by atoms with van der Waals surface area (Å²) < 4.78 is 21.9. The van der Waals surface area contributed by atoms with Crippen molar-refractivity contribution in [2.24, 2.45) is 23.2 Å². The van der Waals surface area contributed by atoms with E-state index in [1.165, 1.54) is 0 Å². The van der Waals surface area contributed by atoms with E-state index in [0.29, 0.717) is 5.92 Å². The number of fused-ring (bicyclic) bond motifs is 1. The maximum Gasteiger partial charge on any atom is 0.332 e. The average molecular weight is 384 g/mol. The van der Waals surface area contributed by atoms with Gasteiger partial charge in [0.2, 0.25) is 0 Å². The molecule has 4 fully saturated rings. The molecule has 2 saturated carbocycles. The van der Waals surface area contributed by atoms with Gasteiger partial charge >= 0.3 is 11.9 Å². The molecule has 0 radical (unpaired) electrons. The Balaban J connectivity index is 1.38. The smallest absolute Gasteiger partial charge is 0.332 e. The van der Waals surface area contributed by atoms with Crippen LogP contribution in [0.15, 0.2) is 0 Å². The first-order chi connectivity index (χ1) is 12.8. The molecule has 0 aromatic heterocycles. The van der Waals surface area contributed by atoms with E-state index in [2.05, 4.69) is 0 Å². The molecule has 0 amide bonds. The molecule has 4 bridgehead atoms. The topological polar surface area (TPSA) is 91.3 Å². The first-order valence-corrected chi connectivity index (χ1v) is 10.1. The molecular formula is C20H32O7. The van der Waals surface area contributed by atoms with Crippen LogP contribution in [0.5, 0.6) is 0 Å². The summed E-state index contributed by atoms with van der Waals surface area (Å²) in [5, 5.41) is 9.95. The number of ether oxygens (including phenoxy) is 4. The molecule has 4 rings (SSSR count). The monoisotopic (exact) mass is 384 g/mol. The van der Waals surface area contributed by atoms with Crippen molar-refractivity contribution < 1.29 is 33.6 Å². The quantitative estimate of drug-likeness (QED) is 0.369. The highest BCUT2D eigenvalue weighted by Gasteiger charge is 2.50. The number of carbonyl (C=O) groups is 2. The lowest BCUT2D eigenvalue weighted by Crippen LogP contribution is -2.45. The minimum Gasteiger partial charge on any atom is -0.462 e. The van der Waals surface area contributed by atoms with Crippen LogP contribution in [0.1, 0.15) is 52.9 Å². The van der Waals surface area contributed by atoms with Crippen LogP contribution in [0.3, 0.4) is 0 Å². The molecule has 0 spiro atoms. The highest BCUT2D eigenvalue weighted by molar-refractivity contribution is 5.73. The van der Waals surface area contributed by atoms with E-state index in [1.807, 2.05) is 20.8 Å². The summed E-state index contributed by atoms with van der Waals surface area (Å²) in [5.41, 5.74) is -0.345. The molecule has 2 heterocycles. The van der Waals surface area contributed by atoms with Crippen molar-refractivity contribution in [2.45, 2.75) is 71.4 Å². The van der Waals surface area contributed by atoms with E-state index in [0.717, 1.165) is 32.1 Å². The fraction of sp³-hybridized carbons (Fsp3) is 0.900. The van der Waals surface area contributed by atoms with E-state index >= 15 is 0 Å². The van der Waals surface area contributed by atoms with Gasteiger partial charge in [0.25, 0.3) is 0 Å². The maximum absolute atomic E-state index is 12.1. The predicted molar refractivity (Wildman–Crippen MR) is 95.5 cm³/mol. The van der Waals surface area contributed by atoms with Crippen LogP contribution in [0.25, 0.3) is 0 Å². The van der Waals surface area contributed by atoms with Crippen LogP contribution in [-0.4, -0.2) is 55.4 Å². The second kappa shape index (κ2) is 8.45. The number of hydrogen-bond donors (Lipinski definition) is 1. The molecule has 0 aromatic carbocycles. The van der Waals surface area contributed by atoms with Crippen molar-refractivity contribution in [3.63, 3.8) is 0 Å². The molecule has 1 N–H and O–H groups in total. The Morgan fingerprint density at radius 3 is 2.78 bits per heavy atom. The third-order valence-electron chi connectivity index (χ3n) is 6.43. The number of hydrogen-bond acceptors (Lipinski definition) is 7. The number of aliphatic hydroxyl groups excluding tert-OH is 1. The van der Waals surface area contributed by atoms with Crippen LogP contribution >= 0.6 is 0 Å². The van der Waals surface area contributed by atoms with Crippen LogP contribution < -0.4 is 0 Å². The molecule has 2 aliphatic heterocycles. The van der Waals surface area contributed by atoms with Gasteiger partial charge in [0.1, 0.15) is 19.3 Å². The molecule has 27 heavy (non-hydrogen) atoms. The zero-order valence-corrected chi connectivity index (χ0v) is 16.5. The van der Waals surface area contributed by atoms with Crippen molar-refractivity contribution in [1.82, 2.24) is 0 Å². The molecule has 2 aliphatic carbocycles. The summed E-state index contributed by atoms with van der Waals surface area (Å²) >= 11 is 0. The molecule has 6 atom stereocenters. The zero-order chi connectivity index (χ0) is 19.6. The van der Waals surface area contributed by atoms with Crippen LogP contribution in [0.2, 0.25) is 0 Å². The average Bonchev–Trinajstić information content (AvgIpc) is 2.79. The minimum atomic E-state index is -0.899. The lowest BCUT2D eigenvalue weighted by Gasteiger charge is -2.41. The lowest BCUT2D eigenvalue weighted by molar-refractivity contribution is -0.181. The maximum atomic E-state index is 12.1. The largest absolute Gasteiger partial charge is 0.462 e. The summed E-state index contributed by atoms with van der Waals surface area (Å²) in [4.78, 5) is 24.0. The number of carbonyl (C=O) groups excluding carboxylic acids is 2. The summed E-state index contributed by atoms with van der Waals surface area (Å²) in [7, 11) is 0. The molecule has 7 nitrogen and oxygen atoms in total. The van der Waals surface area contributed by atoms with Crippen LogP contribution in [-0.2, 0) is 28.5 Å². The van der Waals surface area contributed by atoms with Gasteiger partial charge in [0.15, 0.2) is 6.29 Å². The summed E-state index contributed by atoms with van der Waals surface area (Å²) in [6.45, 7) is 5.85. The number of rotatable bonds is 9. The van der Waals surface area contributed by atoms with Crippen LogP contribution in [0.4, 0.5) is 0 Å². The van der Waals surface area contributed by atoms with Gasteiger partial charge in [-0.25, -0.2) is 4.79 Å². The molecular weight excluding hydrogens is 352 g/mol. The van der Waals surface area contributed by atoms with E-state index in [9.17, 15) is 14.7 Å². The Morgan fingerprint density at radius 1 is 1.26 bits per heavy atom. The fourth-order valence-electron chi connectivity index (χ4n) is 4.43. The normalized spacial score (nSPS) is 33.5. The standard InChI is InChI=1S/C20H32O7/c1-4-20(2,3)19(23)25-6-5-24-16(21)11-26-17-13-7-12-8-14(10-13)18(22)27-15(17)9-12/h12-15,17,19,23H,4-11H2,1-3H3. The number of aliphatic hydroxyl groups is 1. The van der Waals surface area contributed by atoms with Crippen LogP contribution in [0, 0.1) is 23.2 Å². The predicted octanol–water partition coefficient (Wildman–Crippen LogP) is 2.05. The van der Waals surface area contributed by atoms with E-state index < -0.39 is 12.3 Å². The summed E-state index contributed by atoms with van der Waals surface area (Å²) in [6.07, 6.45) is 3.02. The molecule has 2 saturated heterocycles. The van der Waals surface area contributed by atoms with Gasteiger partial charge in [-0.1, -0.05) is 20.8 Å². The minimum absolute atomic E-state index is 0.00440. The van der Waals surface area contributed by atoms with Gasteiger partial charge in [-0.3, -0.25) is 4.79 Å². The van der Waals surface area contributed by atoms with Gasteiger partial charge in [0.05, 0.1) is 18.6 Å². The molecule has 6 unspecified atom stereocenters. The van der Waals surface area contributed by atoms with Crippen molar-refractivity contribution in [3.8, 4) is 0 Å². The second-order valence-electron chi connectivity index (χ2n) is 8.80. The highest BCUT2D eigenvalue weighted by atomic mass is 16.6. The Labute approximate surface area is 160 Å². The van der Waals surface area contributed by atoms with Crippen molar-refractivity contribution in [1.29, 1.82) is 0 Å². The van der Waals surface area contributed by atoms with E-state index in [-0.39, 0.29) is 55.2 Å². The molecule has 4 aliphatic rings.